The number of nitrogens with zero attached hydrogens (tertiary/aromatic N) is 1. The minimum Gasteiger partial charge on any atom is -0.489 e. The van der Waals surface area contributed by atoms with Crippen molar-refractivity contribution in [3.63, 3.8) is 0 Å². The first-order valence-electron chi connectivity index (χ1n) is 12.1. The number of halogens is 6. The van der Waals surface area contributed by atoms with Gasteiger partial charge in [-0.25, -0.2) is 0 Å². The van der Waals surface area contributed by atoms with Crippen molar-refractivity contribution < 1.29 is 50.5 Å². The highest BCUT2D eigenvalue weighted by Gasteiger charge is 2.42. The second-order valence-corrected chi connectivity index (χ2v) is 10.0. The molecule has 2 aromatic carbocycles. The molecule has 39 heavy (non-hydrogen) atoms. The Hall–Kier alpha value is -3.41. The smallest absolute Gasteiger partial charge is 0.425 e. The molecule has 0 spiro atoms. The van der Waals surface area contributed by atoms with Crippen LogP contribution in [0.1, 0.15) is 37.0 Å². The van der Waals surface area contributed by atoms with E-state index in [1.807, 2.05) is 6.08 Å². The first kappa shape index (κ1) is 28.6. The van der Waals surface area contributed by atoms with Crippen LogP contribution in [0.2, 0.25) is 0 Å². The molecule has 0 aromatic heterocycles. The van der Waals surface area contributed by atoms with Crippen LogP contribution in [-0.2, 0) is 17.6 Å². The van der Waals surface area contributed by atoms with Crippen LogP contribution in [0, 0.1) is 5.41 Å². The highest BCUT2D eigenvalue weighted by Crippen LogP contribution is 2.39. The van der Waals surface area contributed by atoms with Crippen molar-refractivity contribution in [2.45, 2.75) is 45.3 Å². The van der Waals surface area contributed by atoms with Crippen molar-refractivity contribution in [3.8, 4) is 17.2 Å². The summed E-state index contributed by atoms with van der Waals surface area (Å²) in [7, 11) is 0. The number of likely N-dealkylation sites (tertiary alicyclic amines) is 1. The van der Waals surface area contributed by atoms with Crippen LogP contribution in [0.5, 0.6) is 17.2 Å². The number of aliphatic carboxylic acids is 1. The number of carbonyl (C=O) groups is 1. The molecule has 0 aliphatic carbocycles. The van der Waals surface area contributed by atoms with Crippen LogP contribution in [0.25, 0.3) is 6.08 Å². The molecule has 0 saturated carbocycles. The van der Waals surface area contributed by atoms with Crippen molar-refractivity contribution in [2.24, 2.45) is 5.41 Å². The summed E-state index contributed by atoms with van der Waals surface area (Å²) in [4.78, 5) is 13.5. The Bertz CT molecular complexity index is 1260. The van der Waals surface area contributed by atoms with Crippen LogP contribution in [0.15, 0.2) is 42.0 Å². The third-order valence-electron chi connectivity index (χ3n) is 6.77. The lowest BCUT2D eigenvalue weighted by molar-refractivity contribution is -0.191. The van der Waals surface area contributed by atoms with Crippen molar-refractivity contribution in [3.05, 3.63) is 58.7 Å². The van der Waals surface area contributed by atoms with Crippen molar-refractivity contribution in [2.75, 3.05) is 26.2 Å². The van der Waals surface area contributed by atoms with Crippen molar-refractivity contribution in [1.82, 2.24) is 4.90 Å². The molecule has 1 fully saturated rings. The quantitative estimate of drug-likeness (QED) is 0.390. The number of ether oxygens (including phenoxy) is 3. The second-order valence-electron chi connectivity index (χ2n) is 10.0. The lowest BCUT2D eigenvalue weighted by Gasteiger charge is -2.24. The number of fused-ring (bicyclic) bond motifs is 1. The SMILES string of the molecule is C[C@H](Oc1ccc(COc2ccc3c(c2)OCC(CN2CCC(C)(C(=O)O)C2)=C3)cc1C(F)(F)F)C(F)(F)F. The summed E-state index contributed by atoms with van der Waals surface area (Å²) in [5.74, 6) is -0.870. The molecule has 0 radical (unpaired) electrons. The molecule has 2 atom stereocenters. The molecule has 1 unspecified atom stereocenters. The standard InChI is InChI=1S/C27H27F6NO5/c1-16(26(28,29)30)39-22-6-3-17(10-21(22)27(31,32)33)13-37-20-5-4-19-9-18(14-38-23(19)11-20)12-34-8-7-25(2,15-34)24(35)36/h3-6,9-11,16H,7-8,12-15H2,1-2H3,(H,35,36)/t16-,25?/m0/s1. The van der Waals surface area contributed by atoms with E-state index in [1.165, 1.54) is 6.07 Å². The highest BCUT2D eigenvalue weighted by atomic mass is 19.4. The third kappa shape index (κ3) is 6.78. The zero-order valence-corrected chi connectivity index (χ0v) is 21.2. The molecule has 1 N–H and O–H groups in total. The number of alkyl halides is 6. The molecule has 0 amide bonds. The summed E-state index contributed by atoms with van der Waals surface area (Å²) in [5, 5.41) is 9.42. The molecule has 2 aliphatic rings. The van der Waals surface area contributed by atoms with Gasteiger partial charge in [0.2, 0.25) is 0 Å². The third-order valence-corrected chi connectivity index (χ3v) is 6.77. The fraction of sp³-hybridized carbons (Fsp3) is 0.444. The molecule has 1 saturated heterocycles. The van der Waals surface area contributed by atoms with E-state index in [-0.39, 0.29) is 12.2 Å². The van der Waals surface area contributed by atoms with Gasteiger partial charge in [0, 0.05) is 24.7 Å². The van der Waals surface area contributed by atoms with E-state index < -0.39 is 41.2 Å². The Balaban J connectivity index is 1.41. The predicted octanol–water partition coefficient (Wildman–Crippen LogP) is 6.19. The summed E-state index contributed by atoms with van der Waals surface area (Å²) >= 11 is 0. The second kappa shape index (κ2) is 10.6. The number of rotatable bonds is 8. The number of benzene rings is 2. The lowest BCUT2D eigenvalue weighted by Crippen LogP contribution is -2.33. The monoisotopic (exact) mass is 559 g/mol. The minimum absolute atomic E-state index is 0.0918. The van der Waals surface area contributed by atoms with Gasteiger partial charge < -0.3 is 19.3 Å². The van der Waals surface area contributed by atoms with Crippen molar-refractivity contribution in [1.29, 1.82) is 0 Å². The maximum atomic E-state index is 13.5. The molecule has 2 aliphatic heterocycles. The van der Waals surface area contributed by atoms with Gasteiger partial charge in [0.05, 0.1) is 11.0 Å². The van der Waals surface area contributed by atoms with Gasteiger partial charge in [-0.3, -0.25) is 9.69 Å². The summed E-state index contributed by atoms with van der Waals surface area (Å²) < 4.78 is 94.9. The molecule has 4 rings (SSSR count). The van der Waals surface area contributed by atoms with E-state index in [4.69, 9.17) is 9.47 Å². The van der Waals surface area contributed by atoms with Crippen LogP contribution in [-0.4, -0.2) is 54.5 Å². The van der Waals surface area contributed by atoms with Crippen LogP contribution < -0.4 is 14.2 Å². The highest BCUT2D eigenvalue weighted by molar-refractivity contribution is 5.75. The zero-order chi connectivity index (χ0) is 28.6. The maximum Gasteiger partial charge on any atom is 0.425 e. The number of hydrogen-bond acceptors (Lipinski definition) is 5. The Kier molecular flexibility index (Phi) is 7.79. The molecule has 2 heterocycles. The molecule has 6 nitrogen and oxygen atoms in total. The Morgan fingerprint density at radius 3 is 2.54 bits per heavy atom. The van der Waals surface area contributed by atoms with Crippen LogP contribution in [0.3, 0.4) is 0 Å². The van der Waals surface area contributed by atoms with Gasteiger partial charge in [-0.1, -0.05) is 6.07 Å². The predicted molar refractivity (Wildman–Crippen MR) is 129 cm³/mol. The van der Waals surface area contributed by atoms with Crippen molar-refractivity contribution >= 4 is 12.0 Å². The summed E-state index contributed by atoms with van der Waals surface area (Å²) in [6.45, 7) is 4.09. The molecular formula is C27H27F6NO5. The molecule has 2 aromatic rings. The van der Waals surface area contributed by atoms with E-state index in [9.17, 15) is 36.2 Å². The number of hydrogen-bond donors (Lipinski definition) is 1. The normalized spacial score (nSPS) is 20.6. The average Bonchev–Trinajstić information content (AvgIpc) is 3.23. The largest absolute Gasteiger partial charge is 0.489 e. The molecule has 0 bridgehead atoms. The first-order chi connectivity index (χ1) is 18.1. The summed E-state index contributed by atoms with van der Waals surface area (Å²) in [5.41, 5.74) is -0.242. The van der Waals surface area contributed by atoms with E-state index in [0.29, 0.717) is 57.2 Å². The van der Waals surface area contributed by atoms with Crippen LogP contribution >= 0.6 is 0 Å². The summed E-state index contributed by atoms with van der Waals surface area (Å²) in [6.07, 6.45) is -9.63. The van der Waals surface area contributed by atoms with E-state index in [1.54, 1.807) is 25.1 Å². The van der Waals surface area contributed by atoms with Crippen LogP contribution in [0.4, 0.5) is 26.3 Å². The first-order valence-corrected chi connectivity index (χ1v) is 12.1. The van der Waals surface area contributed by atoms with E-state index in [2.05, 4.69) is 9.64 Å². The fourth-order valence-electron chi connectivity index (χ4n) is 4.44. The molecule has 12 heteroatoms. The van der Waals surface area contributed by atoms with Gasteiger partial charge in [-0.2, -0.15) is 26.3 Å². The van der Waals surface area contributed by atoms with Gasteiger partial charge in [0.25, 0.3) is 0 Å². The topological polar surface area (TPSA) is 68.2 Å². The fourth-order valence-corrected chi connectivity index (χ4v) is 4.44. The van der Waals surface area contributed by atoms with E-state index in [0.717, 1.165) is 17.2 Å². The van der Waals surface area contributed by atoms with Gasteiger partial charge in [-0.05, 0) is 68.3 Å². The Morgan fingerprint density at radius 1 is 1.15 bits per heavy atom. The van der Waals surface area contributed by atoms with E-state index >= 15 is 0 Å². The minimum atomic E-state index is -4.93. The lowest BCUT2D eigenvalue weighted by atomic mass is 9.90. The Morgan fingerprint density at radius 2 is 1.90 bits per heavy atom. The van der Waals surface area contributed by atoms with Gasteiger partial charge in [0.15, 0.2) is 6.10 Å². The maximum absolute atomic E-state index is 13.5. The number of carboxylic acids is 1. The average molecular weight is 560 g/mol. The number of carboxylic acid groups (broad SMARTS) is 1. The molecule has 212 valence electrons. The molecular weight excluding hydrogens is 532 g/mol. The Labute approximate surface area is 220 Å². The zero-order valence-electron chi connectivity index (χ0n) is 21.2. The van der Waals surface area contributed by atoms with Gasteiger partial charge in [0.1, 0.15) is 30.5 Å². The van der Waals surface area contributed by atoms with Gasteiger partial charge in [-0.15, -0.1) is 0 Å². The van der Waals surface area contributed by atoms with Gasteiger partial charge >= 0.3 is 18.3 Å². The summed E-state index contributed by atoms with van der Waals surface area (Å²) in [6, 6.07) is 7.75.